The molecule has 0 spiro atoms. The first-order valence-corrected chi connectivity index (χ1v) is 7.94. The monoisotopic (exact) mass is 304 g/mol. The van der Waals surface area contributed by atoms with Gasteiger partial charge in [0.25, 0.3) is 0 Å². The Bertz CT molecular complexity index is 538. The van der Waals surface area contributed by atoms with E-state index in [0.29, 0.717) is 12.6 Å². The fourth-order valence-corrected chi connectivity index (χ4v) is 3.01. The average molecular weight is 304 g/mol. The van der Waals surface area contributed by atoms with E-state index in [-0.39, 0.29) is 18.2 Å². The minimum atomic E-state index is 0.0427. The summed E-state index contributed by atoms with van der Waals surface area (Å²) in [4.78, 5) is 14.4. The number of ether oxygens (including phenoxy) is 1. The van der Waals surface area contributed by atoms with Gasteiger partial charge in [0.1, 0.15) is 0 Å². The Morgan fingerprint density at radius 1 is 1.55 bits per heavy atom. The molecular formula is C16H24N4O2. The van der Waals surface area contributed by atoms with Crippen molar-refractivity contribution in [2.24, 2.45) is 7.05 Å². The van der Waals surface area contributed by atoms with Gasteiger partial charge in [0.2, 0.25) is 0 Å². The number of carbonyl (C=O) groups excluding carboxylic acids is 1. The third kappa shape index (κ3) is 3.50. The Morgan fingerprint density at radius 2 is 2.36 bits per heavy atom. The molecule has 1 saturated carbocycles. The molecule has 0 aromatic carbocycles. The van der Waals surface area contributed by atoms with Crippen LogP contribution in [-0.2, 0) is 18.2 Å². The van der Waals surface area contributed by atoms with E-state index < -0.39 is 0 Å². The summed E-state index contributed by atoms with van der Waals surface area (Å²) in [5.41, 5.74) is 1.13. The summed E-state index contributed by atoms with van der Waals surface area (Å²) >= 11 is 0. The van der Waals surface area contributed by atoms with Gasteiger partial charge < -0.3 is 15.0 Å². The van der Waals surface area contributed by atoms with Gasteiger partial charge in [-0.3, -0.25) is 4.68 Å². The van der Waals surface area contributed by atoms with E-state index >= 15 is 0 Å². The predicted octanol–water partition coefficient (Wildman–Crippen LogP) is 1.48. The Hall–Kier alpha value is -1.82. The molecule has 6 nitrogen and oxygen atoms in total. The maximum Gasteiger partial charge on any atom is 0.317 e. The van der Waals surface area contributed by atoms with Gasteiger partial charge in [-0.2, -0.15) is 5.10 Å². The summed E-state index contributed by atoms with van der Waals surface area (Å²) in [5.74, 6) is 0. The lowest BCUT2D eigenvalue weighted by Gasteiger charge is -2.28. The van der Waals surface area contributed by atoms with Crippen LogP contribution in [0.4, 0.5) is 4.79 Å². The molecule has 22 heavy (non-hydrogen) atoms. The number of nitrogens with one attached hydrogen (secondary N) is 1. The van der Waals surface area contributed by atoms with Crippen molar-refractivity contribution in [1.29, 1.82) is 0 Å². The highest BCUT2D eigenvalue weighted by Crippen LogP contribution is 2.26. The third-order valence-corrected chi connectivity index (χ3v) is 4.28. The number of nitrogens with zero attached hydrogens (tertiary/aromatic N) is 3. The summed E-state index contributed by atoms with van der Waals surface area (Å²) in [6.45, 7) is 4.97. The Labute approximate surface area is 131 Å². The highest BCUT2D eigenvalue weighted by Gasteiger charge is 2.39. The molecular weight excluding hydrogens is 280 g/mol. The quantitative estimate of drug-likeness (QED) is 0.810. The molecule has 2 aliphatic rings. The Balaban J connectivity index is 1.69. The molecule has 0 bridgehead atoms. The van der Waals surface area contributed by atoms with Crippen LogP contribution in [-0.4, -0.2) is 52.1 Å². The molecule has 1 aliphatic heterocycles. The lowest BCUT2D eigenvalue weighted by atomic mass is 10.0. The average Bonchev–Trinajstić information content (AvgIpc) is 3.07. The number of aromatic nitrogens is 2. The molecule has 1 saturated heterocycles. The molecule has 1 N–H and O–H groups in total. The van der Waals surface area contributed by atoms with Crippen molar-refractivity contribution in [3.05, 3.63) is 30.6 Å². The summed E-state index contributed by atoms with van der Waals surface area (Å²) in [6, 6.07) is 0.476. The summed E-state index contributed by atoms with van der Waals surface area (Å²) in [7, 11) is 1.90. The first-order valence-electron chi connectivity index (χ1n) is 7.94. The standard InChI is InChI=1S/C16H24N4O2/c1-3-8-22-15-6-7-20(16(21)18-13-4-5-13)14(15)9-12-10-17-19(2)11-12/h3,10-11,13-15H,1,4-9H2,2H3,(H,18,21)/t14-,15-/m0/s1. The van der Waals surface area contributed by atoms with E-state index in [0.717, 1.165) is 37.8 Å². The molecule has 1 aromatic heterocycles. The molecule has 0 radical (unpaired) electrons. The lowest BCUT2D eigenvalue weighted by molar-refractivity contribution is 0.0496. The maximum atomic E-state index is 12.4. The molecule has 1 aromatic rings. The predicted molar refractivity (Wildman–Crippen MR) is 83.5 cm³/mol. The maximum absolute atomic E-state index is 12.4. The largest absolute Gasteiger partial charge is 0.372 e. The van der Waals surface area contributed by atoms with Gasteiger partial charge >= 0.3 is 6.03 Å². The van der Waals surface area contributed by atoms with Crippen molar-refractivity contribution in [1.82, 2.24) is 20.0 Å². The molecule has 2 fully saturated rings. The lowest BCUT2D eigenvalue weighted by Crippen LogP contribution is -2.47. The van der Waals surface area contributed by atoms with Crippen molar-refractivity contribution >= 4 is 6.03 Å². The fraction of sp³-hybridized carbons (Fsp3) is 0.625. The first-order chi connectivity index (χ1) is 10.7. The Morgan fingerprint density at radius 3 is 3.00 bits per heavy atom. The van der Waals surface area contributed by atoms with Crippen molar-refractivity contribution in [2.75, 3.05) is 13.2 Å². The summed E-state index contributed by atoms with van der Waals surface area (Å²) in [6.07, 6.45) is 9.52. The second-order valence-electron chi connectivity index (χ2n) is 6.16. The summed E-state index contributed by atoms with van der Waals surface area (Å²) in [5, 5.41) is 7.30. The van der Waals surface area contributed by atoms with Gasteiger partial charge in [0.05, 0.1) is 24.9 Å². The second kappa shape index (κ2) is 6.52. The van der Waals surface area contributed by atoms with E-state index in [2.05, 4.69) is 17.0 Å². The van der Waals surface area contributed by atoms with Gasteiger partial charge in [-0.05, 0) is 31.2 Å². The molecule has 120 valence electrons. The van der Waals surface area contributed by atoms with Gasteiger partial charge in [-0.25, -0.2) is 4.79 Å². The fourth-order valence-electron chi connectivity index (χ4n) is 3.01. The smallest absolute Gasteiger partial charge is 0.317 e. The molecule has 6 heteroatoms. The van der Waals surface area contributed by atoms with E-state index in [1.807, 2.05) is 24.3 Å². The van der Waals surface area contributed by atoms with Crippen LogP contribution in [0, 0.1) is 0 Å². The van der Waals surface area contributed by atoms with Crippen LogP contribution in [0.15, 0.2) is 25.0 Å². The van der Waals surface area contributed by atoms with Crippen molar-refractivity contribution in [2.45, 2.75) is 43.9 Å². The first kappa shape index (κ1) is 15.1. The minimum Gasteiger partial charge on any atom is -0.372 e. The van der Waals surface area contributed by atoms with Crippen LogP contribution in [0.5, 0.6) is 0 Å². The third-order valence-electron chi connectivity index (χ3n) is 4.28. The molecule has 2 amide bonds. The molecule has 2 atom stereocenters. The van der Waals surface area contributed by atoms with Gasteiger partial charge in [-0.1, -0.05) is 6.08 Å². The number of rotatable bonds is 6. The highest BCUT2D eigenvalue weighted by atomic mass is 16.5. The number of hydrogen-bond donors (Lipinski definition) is 1. The van der Waals surface area contributed by atoms with Crippen LogP contribution >= 0.6 is 0 Å². The number of likely N-dealkylation sites (tertiary alicyclic amines) is 1. The SMILES string of the molecule is C=CCO[C@H]1CCN(C(=O)NC2CC2)[C@H]1Cc1cnn(C)c1. The second-order valence-corrected chi connectivity index (χ2v) is 6.16. The topological polar surface area (TPSA) is 59.4 Å². The van der Waals surface area contributed by atoms with Crippen LogP contribution in [0.2, 0.25) is 0 Å². The van der Waals surface area contributed by atoms with Gasteiger partial charge in [-0.15, -0.1) is 6.58 Å². The van der Waals surface area contributed by atoms with Crippen molar-refractivity contribution in [3.63, 3.8) is 0 Å². The van der Waals surface area contributed by atoms with Crippen LogP contribution in [0.3, 0.4) is 0 Å². The van der Waals surface area contributed by atoms with Gasteiger partial charge in [0.15, 0.2) is 0 Å². The number of carbonyl (C=O) groups is 1. The molecule has 0 unspecified atom stereocenters. The van der Waals surface area contributed by atoms with Crippen molar-refractivity contribution < 1.29 is 9.53 Å². The van der Waals surface area contributed by atoms with E-state index in [1.54, 1.807) is 10.8 Å². The van der Waals surface area contributed by atoms with Crippen LogP contribution < -0.4 is 5.32 Å². The zero-order valence-electron chi connectivity index (χ0n) is 13.1. The van der Waals surface area contributed by atoms with E-state index in [1.165, 1.54) is 0 Å². The van der Waals surface area contributed by atoms with Crippen LogP contribution in [0.1, 0.15) is 24.8 Å². The van der Waals surface area contributed by atoms with Crippen LogP contribution in [0.25, 0.3) is 0 Å². The normalized spacial score (nSPS) is 24.5. The molecule has 1 aliphatic carbocycles. The summed E-state index contributed by atoms with van der Waals surface area (Å²) < 4.78 is 7.67. The van der Waals surface area contributed by atoms with E-state index in [4.69, 9.17) is 4.74 Å². The zero-order valence-corrected chi connectivity index (χ0v) is 13.1. The number of urea groups is 1. The van der Waals surface area contributed by atoms with Crippen molar-refractivity contribution in [3.8, 4) is 0 Å². The number of hydrogen-bond acceptors (Lipinski definition) is 3. The number of amides is 2. The van der Waals surface area contributed by atoms with Gasteiger partial charge in [0, 0.05) is 25.8 Å². The minimum absolute atomic E-state index is 0.0427. The zero-order chi connectivity index (χ0) is 15.5. The van der Waals surface area contributed by atoms with E-state index in [9.17, 15) is 4.79 Å². The highest BCUT2D eigenvalue weighted by molar-refractivity contribution is 5.75. The Kier molecular flexibility index (Phi) is 4.47. The molecule has 2 heterocycles. The molecule has 3 rings (SSSR count). The number of aryl methyl sites for hydroxylation is 1.